The monoisotopic (exact) mass is 218 g/mol. The summed E-state index contributed by atoms with van der Waals surface area (Å²) in [6, 6.07) is 9.66. The van der Waals surface area contributed by atoms with Gasteiger partial charge >= 0.3 is 0 Å². The molecular weight excluding hydrogens is 200 g/mol. The van der Waals surface area contributed by atoms with Crippen molar-refractivity contribution < 1.29 is 4.74 Å². The van der Waals surface area contributed by atoms with Gasteiger partial charge in [0.15, 0.2) is 0 Å². The highest BCUT2D eigenvalue weighted by atomic mass is 16.5. The van der Waals surface area contributed by atoms with Crippen molar-refractivity contribution in [2.45, 2.75) is 32.2 Å². The molecule has 3 nitrogen and oxygen atoms in total. The summed E-state index contributed by atoms with van der Waals surface area (Å²) >= 11 is 0. The Morgan fingerprint density at radius 3 is 2.81 bits per heavy atom. The third-order valence-electron chi connectivity index (χ3n) is 2.32. The molecule has 0 aromatic heterocycles. The van der Waals surface area contributed by atoms with Crippen LogP contribution in [0.5, 0.6) is 5.75 Å². The molecule has 0 radical (unpaired) electrons. The van der Waals surface area contributed by atoms with Crippen LogP contribution in [0.25, 0.3) is 0 Å². The minimum absolute atomic E-state index is 0.256. The van der Waals surface area contributed by atoms with E-state index in [-0.39, 0.29) is 6.04 Å². The standard InChI is InChI=1S/C13H18N2O/c1-11(15)6-4-5-9-16-13-8-3-2-7-12(13)10-14/h2-3,7-8,11H,4-6,9,15H2,1H3. The number of nitrogens with two attached hydrogens (primary N) is 1. The zero-order chi connectivity index (χ0) is 11.8. The van der Waals surface area contributed by atoms with Crippen molar-refractivity contribution in [1.29, 1.82) is 5.26 Å². The Morgan fingerprint density at radius 2 is 2.12 bits per heavy atom. The number of ether oxygens (including phenoxy) is 1. The smallest absolute Gasteiger partial charge is 0.137 e. The molecule has 16 heavy (non-hydrogen) atoms. The molecule has 0 aliphatic heterocycles. The maximum Gasteiger partial charge on any atom is 0.137 e. The van der Waals surface area contributed by atoms with Gasteiger partial charge in [0, 0.05) is 6.04 Å². The van der Waals surface area contributed by atoms with Gasteiger partial charge in [-0.1, -0.05) is 12.1 Å². The van der Waals surface area contributed by atoms with Gasteiger partial charge in [0.1, 0.15) is 11.8 Å². The third kappa shape index (κ3) is 4.33. The van der Waals surface area contributed by atoms with Crippen LogP contribution in [0, 0.1) is 11.3 Å². The lowest BCUT2D eigenvalue weighted by molar-refractivity contribution is 0.303. The molecule has 0 amide bonds. The normalized spacial score (nSPS) is 11.8. The highest BCUT2D eigenvalue weighted by Crippen LogP contribution is 2.16. The van der Waals surface area contributed by atoms with Crippen LogP contribution in [-0.4, -0.2) is 12.6 Å². The van der Waals surface area contributed by atoms with Crippen molar-refractivity contribution in [1.82, 2.24) is 0 Å². The van der Waals surface area contributed by atoms with E-state index < -0.39 is 0 Å². The number of hydrogen-bond donors (Lipinski definition) is 1. The van der Waals surface area contributed by atoms with E-state index in [4.69, 9.17) is 15.7 Å². The fourth-order valence-corrected chi connectivity index (χ4v) is 1.44. The fourth-order valence-electron chi connectivity index (χ4n) is 1.44. The van der Waals surface area contributed by atoms with E-state index in [1.807, 2.05) is 25.1 Å². The Bertz CT molecular complexity index is 355. The molecule has 86 valence electrons. The number of nitriles is 1. The highest BCUT2D eigenvalue weighted by Gasteiger charge is 2.01. The fraction of sp³-hybridized carbons (Fsp3) is 0.462. The highest BCUT2D eigenvalue weighted by molar-refractivity contribution is 5.42. The molecule has 1 atom stereocenters. The first-order valence-corrected chi connectivity index (χ1v) is 5.61. The molecule has 1 rings (SSSR count). The first kappa shape index (κ1) is 12.5. The number of hydrogen-bond acceptors (Lipinski definition) is 3. The summed E-state index contributed by atoms with van der Waals surface area (Å²) in [6.07, 6.45) is 3.05. The molecular formula is C13H18N2O. The van der Waals surface area contributed by atoms with E-state index in [1.54, 1.807) is 6.07 Å². The third-order valence-corrected chi connectivity index (χ3v) is 2.32. The predicted octanol–water partition coefficient (Wildman–Crippen LogP) is 2.45. The van der Waals surface area contributed by atoms with Crippen molar-refractivity contribution >= 4 is 0 Å². The van der Waals surface area contributed by atoms with Crippen molar-refractivity contribution in [3.63, 3.8) is 0 Å². The molecule has 2 N–H and O–H groups in total. The van der Waals surface area contributed by atoms with Crippen LogP contribution in [0.3, 0.4) is 0 Å². The molecule has 0 bridgehead atoms. The number of para-hydroxylation sites is 1. The quantitative estimate of drug-likeness (QED) is 0.746. The zero-order valence-corrected chi connectivity index (χ0v) is 9.65. The molecule has 0 aliphatic carbocycles. The van der Waals surface area contributed by atoms with Crippen LogP contribution in [-0.2, 0) is 0 Å². The summed E-state index contributed by atoms with van der Waals surface area (Å²) in [7, 11) is 0. The summed E-state index contributed by atoms with van der Waals surface area (Å²) in [5.41, 5.74) is 6.24. The SMILES string of the molecule is CC(N)CCCCOc1ccccc1C#N. The van der Waals surface area contributed by atoms with Gasteiger partial charge in [0.05, 0.1) is 12.2 Å². The van der Waals surface area contributed by atoms with E-state index in [0.717, 1.165) is 19.3 Å². The van der Waals surface area contributed by atoms with Gasteiger partial charge in [-0.2, -0.15) is 5.26 Å². The van der Waals surface area contributed by atoms with Crippen molar-refractivity contribution in [2.24, 2.45) is 5.73 Å². The number of nitrogens with zero attached hydrogens (tertiary/aromatic N) is 1. The van der Waals surface area contributed by atoms with Gasteiger partial charge in [0.2, 0.25) is 0 Å². The number of rotatable bonds is 6. The largest absolute Gasteiger partial charge is 0.492 e. The Kier molecular flexibility index (Phi) is 5.38. The summed E-state index contributed by atoms with van der Waals surface area (Å²) in [4.78, 5) is 0. The second-order valence-electron chi connectivity index (χ2n) is 3.93. The molecule has 1 aromatic carbocycles. The van der Waals surface area contributed by atoms with E-state index >= 15 is 0 Å². The van der Waals surface area contributed by atoms with Gasteiger partial charge in [-0.05, 0) is 38.3 Å². The van der Waals surface area contributed by atoms with Crippen LogP contribution < -0.4 is 10.5 Å². The zero-order valence-electron chi connectivity index (χ0n) is 9.65. The molecule has 0 saturated carbocycles. The van der Waals surface area contributed by atoms with Crippen molar-refractivity contribution in [3.05, 3.63) is 29.8 Å². The van der Waals surface area contributed by atoms with Gasteiger partial charge in [-0.3, -0.25) is 0 Å². The lowest BCUT2D eigenvalue weighted by Gasteiger charge is -2.08. The second-order valence-corrected chi connectivity index (χ2v) is 3.93. The molecule has 0 spiro atoms. The second kappa shape index (κ2) is 6.86. The van der Waals surface area contributed by atoms with E-state index in [1.165, 1.54) is 0 Å². The molecule has 0 saturated heterocycles. The summed E-state index contributed by atoms with van der Waals surface area (Å²) < 4.78 is 5.55. The Hall–Kier alpha value is -1.53. The maximum atomic E-state index is 8.85. The molecule has 3 heteroatoms. The molecule has 1 unspecified atom stereocenters. The topological polar surface area (TPSA) is 59.0 Å². The summed E-state index contributed by atoms with van der Waals surface area (Å²) in [5, 5.41) is 8.85. The molecule has 0 aliphatic rings. The van der Waals surface area contributed by atoms with Gasteiger partial charge in [-0.25, -0.2) is 0 Å². The minimum Gasteiger partial charge on any atom is -0.492 e. The van der Waals surface area contributed by atoms with Gasteiger partial charge in [-0.15, -0.1) is 0 Å². The number of benzene rings is 1. The van der Waals surface area contributed by atoms with Crippen molar-refractivity contribution in [3.8, 4) is 11.8 Å². The molecule has 1 aromatic rings. The number of unbranched alkanes of at least 4 members (excludes halogenated alkanes) is 1. The van der Waals surface area contributed by atoms with Gasteiger partial charge in [0.25, 0.3) is 0 Å². The van der Waals surface area contributed by atoms with Crippen LogP contribution in [0.4, 0.5) is 0 Å². The Balaban J connectivity index is 2.30. The lowest BCUT2D eigenvalue weighted by Crippen LogP contribution is -2.14. The van der Waals surface area contributed by atoms with E-state index in [0.29, 0.717) is 17.9 Å². The van der Waals surface area contributed by atoms with Crippen LogP contribution >= 0.6 is 0 Å². The van der Waals surface area contributed by atoms with E-state index in [2.05, 4.69) is 6.07 Å². The minimum atomic E-state index is 0.256. The van der Waals surface area contributed by atoms with Crippen molar-refractivity contribution in [2.75, 3.05) is 6.61 Å². The van der Waals surface area contributed by atoms with Crippen LogP contribution in [0.1, 0.15) is 31.7 Å². The first-order chi connectivity index (χ1) is 7.74. The Labute approximate surface area is 96.8 Å². The molecule has 0 fully saturated rings. The summed E-state index contributed by atoms with van der Waals surface area (Å²) in [5.74, 6) is 0.672. The average Bonchev–Trinajstić information content (AvgIpc) is 2.29. The van der Waals surface area contributed by atoms with Gasteiger partial charge < -0.3 is 10.5 Å². The molecule has 0 heterocycles. The maximum absolute atomic E-state index is 8.85. The average molecular weight is 218 g/mol. The lowest BCUT2D eigenvalue weighted by atomic mass is 10.1. The summed E-state index contributed by atoms with van der Waals surface area (Å²) in [6.45, 7) is 2.65. The predicted molar refractivity (Wildman–Crippen MR) is 64.2 cm³/mol. The van der Waals surface area contributed by atoms with Crippen LogP contribution in [0.2, 0.25) is 0 Å². The van der Waals surface area contributed by atoms with Crippen LogP contribution in [0.15, 0.2) is 24.3 Å². The first-order valence-electron chi connectivity index (χ1n) is 5.61. The van der Waals surface area contributed by atoms with E-state index in [9.17, 15) is 0 Å². The Morgan fingerprint density at radius 1 is 1.38 bits per heavy atom.